The van der Waals surface area contributed by atoms with Gasteiger partial charge in [0.1, 0.15) is 0 Å². The highest BCUT2D eigenvalue weighted by Crippen LogP contribution is 2.04. The van der Waals surface area contributed by atoms with Crippen molar-refractivity contribution in [3.05, 3.63) is 12.7 Å². The second kappa shape index (κ2) is 11.5. The summed E-state index contributed by atoms with van der Waals surface area (Å²) in [5.41, 5.74) is 0. The second-order valence-corrected chi connectivity index (χ2v) is 2.94. The molecule has 0 spiro atoms. The lowest BCUT2D eigenvalue weighted by Crippen LogP contribution is -1.83. The van der Waals surface area contributed by atoms with Crippen molar-refractivity contribution in [2.24, 2.45) is 5.92 Å². The molecule has 0 heteroatoms. The lowest BCUT2D eigenvalue weighted by Gasteiger charge is -1.98. The van der Waals surface area contributed by atoms with Crippen molar-refractivity contribution in [2.45, 2.75) is 47.0 Å². The van der Waals surface area contributed by atoms with E-state index in [4.69, 9.17) is 0 Å². The molecule has 0 aromatic heterocycles. The molecule has 0 aliphatic carbocycles. The van der Waals surface area contributed by atoms with Gasteiger partial charge in [-0.1, -0.05) is 46.1 Å². The third-order valence-electron chi connectivity index (χ3n) is 1.14. The van der Waals surface area contributed by atoms with Gasteiger partial charge in [0.15, 0.2) is 0 Å². The normalized spacial score (nSPS) is 8.50. The maximum Gasteiger partial charge on any atom is -0.0471 e. The molecule has 0 aromatic carbocycles. The number of hydrogen-bond donors (Lipinski definition) is 0. The van der Waals surface area contributed by atoms with E-state index in [1.54, 1.807) is 6.08 Å². The number of allylic oxidation sites excluding steroid dienone is 1. The lowest BCUT2D eigenvalue weighted by atomic mass is 10.1. The first-order valence-electron chi connectivity index (χ1n) is 4.26. The van der Waals surface area contributed by atoms with Gasteiger partial charge in [-0.15, -0.1) is 6.58 Å². The fourth-order valence-corrected chi connectivity index (χ4v) is 0.612. The maximum absolute atomic E-state index is 3.36. The van der Waals surface area contributed by atoms with Gasteiger partial charge in [0.05, 0.1) is 0 Å². The van der Waals surface area contributed by atoms with E-state index >= 15 is 0 Å². The summed E-state index contributed by atoms with van der Waals surface area (Å²) in [4.78, 5) is 0. The quantitative estimate of drug-likeness (QED) is 0.522. The van der Waals surface area contributed by atoms with Crippen molar-refractivity contribution in [2.75, 3.05) is 0 Å². The Morgan fingerprint density at radius 3 is 1.90 bits per heavy atom. The first kappa shape index (κ1) is 12.4. The van der Waals surface area contributed by atoms with Gasteiger partial charge < -0.3 is 0 Å². The minimum absolute atomic E-state index is 0.903. The first-order valence-corrected chi connectivity index (χ1v) is 4.26. The molecule has 0 atom stereocenters. The average molecular weight is 142 g/mol. The Morgan fingerprint density at radius 2 is 1.80 bits per heavy atom. The lowest BCUT2D eigenvalue weighted by molar-refractivity contribution is 0.550. The van der Waals surface area contributed by atoms with Crippen LogP contribution in [0.2, 0.25) is 0 Å². The molecule has 0 bridgehead atoms. The van der Waals surface area contributed by atoms with E-state index in [9.17, 15) is 0 Å². The Kier molecular flexibility index (Phi) is 14.3. The third kappa shape index (κ3) is 25.1. The fraction of sp³-hybridized carbons (Fsp3) is 0.800. The minimum atomic E-state index is 0.903. The predicted octanol–water partition coefficient (Wildman–Crippen LogP) is 4.02. The van der Waals surface area contributed by atoms with Crippen molar-refractivity contribution in [3.8, 4) is 0 Å². The smallest absolute Gasteiger partial charge is 0.0471 e. The topological polar surface area (TPSA) is 0 Å². The zero-order valence-corrected chi connectivity index (χ0v) is 7.98. The molecule has 0 fully saturated rings. The molecule has 0 N–H and O–H groups in total. The number of rotatable bonds is 3. The summed E-state index contributed by atoms with van der Waals surface area (Å²) in [6.07, 6.45) is 5.90. The molecule has 0 saturated heterocycles. The van der Waals surface area contributed by atoms with Crippen LogP contribution in [0.1, 0.15) is 47.0 Å². The van der Waals surface area contributed by atoms with Gasteiger partial charge in [0.2, 0.25) is 0 Å². The number of unbranched alkanes of at least 4 members (excludes halogenated alkanes) is 1. The summed E-state index contributed by atoms with van der Waals surface area (Å²) in [6.45, 7) is 12.0. The molecule has 0 aliphatic heterocycles. The molecular weight excluding hydrogens is 120 g/mol. The molecule has 0 aliphatic rings. The molecule has 0 heterocycles. The van der Waals surface area contributed by atoms with E-state index in [1.807, 2.05) is 6.92 Å². The van der Waals surface area contributed by atoms with Crippen LogP contribution in [0, 0.1) is 5.92 Å². The molecule has 10 heavy (non-hydrogen) atoms. The van der Waals surface area contributed by atoms with Crippen LogP contribution in [-0.2, 0) is 0 Å². The van der Waals surface area contributed by atoms with Crippen molar-refractivity contribution < 1.29 is 0 Å². The van der Waals surface area contributed by atoms with Crippen molar-refractivity contribution in [1.82, 2.24) is 0 Å². The van der Waals surface area contributed by atoms with Gasteiger partial charge in [0, 0.05) is 0 Å². The highest BCUT2D eigenvalue weighted by atomic mass is 13.9. The average Bonchev–Trinajstić information content (AvgIpc) is 1.85. The van der Waals surface area contributed by atoms with E-state index in [2.05, 4.69) is 27.4 Å². The molecule has 0 saturated carbocycles. The zero-order valence-electron chi connectivity index (χ0n) is 7.98. The van der Waals surface area contributed by atoms with Crippen LogP contribution in [0.15, 0.2) is 12.7 Å². The fourth-order valence-electron chi connectivity index (χ4n) is 0.612. The molecule has 0 nitrogen and oxygen atoms in total. The standard InChI is InChI=1S/C7H16.C3H6/c1-4-5-6-7(2)3;1-3-2/h7H,4-6H2,1-3H3;3H,1H2,2H3. The van der Waals surface area contributed by atoms with Crippen LogP contribution >= 0.6 is 0 Å². The van der Waals surface area contributed by atoms with Crippen LogP contribution in [0.3, 0.4) is 0 Å². The molecular formula is C10H22. The molecule has 0 aromatic rings. The van der Waals surface area contributed by atoms with Crippen LogP contribution in [0.4, 0.5) is 0 Å². The van der Waals surface area contributed by atoms with Gasteiger partial charge >= 0.3 is 0 Å². The number of hydrogen-bond acceptors (Lipinski definition) is 0. The minimum Gasteiger partial charge on any atom is -0.103 e. The SMILES string of the molecule is C=CC.CCCCC(C)C. The highest BCUT2D eigenvalue weighted by Gasteiger charge is 1.88. The van der Waals surface area contributed by atoms with E-state index in [1.165, 1.54) is 19.3 Å². The van der Waals surface area contributed by atoms with Crippen LogP contribution in [-0.4, -0.2) is 0 Å². The Morgan fingerprint density at radius 1 is 1.40 bits per heavy atom. The second-order valence-electron chi connectivity index (χ2n) is 2.94. The molecule has 0 unspecified atom stereocenters. The molecule has 0 radical (unpaired) electrons. The zero-order chi connectivity index (χ0) is 8.41. The van der Waals surface area contributed by atoms with E-state index in [0.29, 0.717) is 0 Å². The Labute approximate surface area is 66.3 Å². The molecule has 0 rings (SSSR count). The maximum atomic E-state index is 3.36. The monoisotopic (exact) mass is 142 g/mol. The van der Waals surface area contributed by atoms with Crippen molar-refractivity contribution in [1.29, 1.82) is 0 Å². The van der Waals surface area contributed by atoms with E-state index < -0.39 is 0 Å². The van der Waals surface area contributed by atoms with Crippen molar-refractivity contribution >= 4 is 0 Å². The largest absolute Gasteiger partial charge is 0.103 e. The van der Waals surface area contributed by atoms with Crippen LogP contribution < -0.4 is 0 Å². The summed E-state index contributed by atoms with van der Waals surface area (Å²) in [5, 5.41) is 0. The summed E-state index contributed by atoms with van der Waals surface area (Å²) in [5.74, 6) is 0.903. The van der Waals surface area contributed by atoms with Gasteiger partial charge in [-0.25, -0.2) is 0 Å². The van der Waals surface area contributed by atoms with Gasteiger partial charge in [-0.05, 0) is 12.8 Å². The van der Waals surface area contributed by atoms with Gasteiger partial charge in [-0.2, -0.15) is 0 Å². The summed E-state index contributed by atoms with van der Waals surface area (Å²) >= 11 is 0. The highest BCUT2D eigenvalue weighted by molar-refractivity contribution is 4.51. The molecule has 0 amide bonds. The van der Waals surface area contributed by atoms with E-state index in [0.717, 1.165) is 5.92 Å². The Balaban J connectivity index is 0. The third-order valence-corrected chi connectivity index (χ3v) is 1.14. The summed E-state index contributed by atoms with van der Waals surface area (Å²) in [6, 6.07) is 0. The van der Waals surface area contributed by atoms with Gasteiger partial charge in [0.25, 0.3) is 0 Å². The van der Waals surface area contributed by atoms with Crippen LogP contribution in [0.5, 0.6) is 0 Å². The predicted molar refractivity (Wildman–Crippen MR) is 50.2 cm³/mol. The summed E-state index contributed by atoms with van der Waals surface area (Å²) in [7, 11) is 0. The Hall–Kier alpha value is -0.260. The van der Waals surface area contributed by atoms with Crippen molar-refractivity contribution in [3.63, 3.8) is 0 Å². The Bertz CT molecular complexity index is 53.1. The van der Waals surface area contributed by atoms with Crippen LogP contribution in [0.25, 0.3) is 0 Å². The van der Waals surface area contributed by atoms with Gasteiger partial charge in [-0.3, -0.25) is 0 Å². The van der Waals surface area contributed by atoms with E-state index in [-0.39, 0.29) is 0 Å². The molecule has 62 valence electrons. The first-order chi connectivity index (χ1) is 4.68. The summed E-state index contributed by atoms with van der Waals surface area (Å²) < 4.78 is 0.